The minimum atomic E-state index is -3.57. The van der Waals surface area contributed by atoms with Crippen LogP contribution in [0.4, 0.5) is 10.9 Å². The highest BCUT2D eigenvalue weighted by molar-refractivity contribution is 7.89. The highest BCUT2D eigenvalue weighted by atomic mass is 32.2. The number of nitrogens with one attached hydrogen (secondary N) is 1. The van der Waals surface area contributed by atoms with Gasteiger partial charge < -0.3 is 19.9 Å². The van der Waals surface area contributed by atoms with E-state index < -0.39 is 15.9 Å². The summed E-state index contributed by atoms with van der Waals surface area (Å²) in [6.45, 7) is 3.72. The van der Waals surface area contributed by atoms with Crippen LogP contribution in [0.5, 0.6) is 0 Å². The lowest BCUT2D eigenvalue weighted by Crippen LogP contribution is -2.47. The van der Waals surface area contributed by atoms with E-state index in [1.54, 1.807) is 23.5 Å². The van der Waals surface area contributed by atoms with Gasteiger partial charge in [-0.2, -0.15) is 4.31 Å². The van der Waals surface area contributed by atoms with Gasteiger partial charge in [0.1, 0.15) is 16.2 Å². The largest absolute Gasteiger partial charge is 0.383 e. The Labute approximate surface area is 246 Å². The third-order valence-corrected chi connectivity index (χ3v) is 11.0. The Morgan fingerprint density at radius 2 is 1.80 bits per heavy atom. The molecule has 1 aromatic carbocycles. The molecule has 1 aliphatic carbocycles. The maximum absolute atomic E-state index is 13.7. The molecule has 2 aromatic heterocycles. The molecule has 3 heterocycles. The Hall–Kier alpha value is -2.64. The third kappa shape index (κ3) is 7.06. The molecule has 2 fully saturated rings. The summed E-state index contributed by atoms with van der Waals surface area (Å²) < 4.78 is 33.2. The molecule has 3 aromatic rings. The maximum atomic E-state index is 13.7. The van der Waals surface area contributed by atoms with E-state index in [1.165, 1.54) is 24.2 Å². The molecule has 0 spiro atoms. The predicted octanol–water partition coefficient (Wildman–Crippen LogP) is 4.01. The molecule has 1 aliphatic heterocycles. The van der Waals surface area contributed by atoms with Crippen LogP contribution in [-0.4, -0.2) is 94.0 Å². The van der Waals surface area contributed by atoms with Crippen LogP contribution in [0.25, 0.3) is 10.3 Å². The van der Waals surface area contributed by atoms with E-state index in [-0.39, 0.29) is 10.8 Å². The van der Waals surface area contributed by atoms with Crippen LogP contribution in [-0.2, 0) is 19.6 Å². The smallest absolute Gasteiger partial charge is 0.243 e. The Morgan fingerprint density at radius 1 is 1.10 bits per heavy atom. The summed E-state index contributed by atoms with van der Waals surface area (Å²) in [5.41, 5.74) is 1.56. The van der Waals surface area contributed by atoms with Gasteiger partial charge in [-0.3, -0.25) is 4.79 Å². The van der Waals surface area contributed by atoms with Crippen LogP contribution in [0.15, 0.2) is 41.3 Å². The van der Waals surface area contributed by atoms with Crippen molar-refractivity contribution < 1.29 is 17.9 Å². The summed E-state index contributed by atoms with van der Waals surface area (Å²) >= 11 is 1.36. The number of hydrogen-bond donors (Lipinski definition) is 1. The Balaban J connectivity index is 1.34. The van der Waals surface area contributed by atoms with E-state index in [1.807, 2.05) is 43.3 Å². The minimum absolute atomic E-state index is 0.122. The molecule has 41 heavy (non-hydrogen) atoms. The van der Waals surface area contributed by atoms with Crippen LogP contribution in [0.1, 0.15) is 43.6 Å². The number of nitrogens with zero attached hydrogens (tertiary/aromatic N) is 5. The number of anilines is 2. The van der Waals surface area contributed by atoms with E-state index in [0.29, 0.717) is 43.8 Å². The molecule has 1 atom stereocenters. The first kappa shape index (κ1) is 29.8. The molecule has 2 aliphatic rings. The fraction of sp³-hybridized carbons (Fsp3) is 0.552. The number of carbonyl (C=O) groups excluding carboxylic acids is 1. The highest BCUT2D eigenvalue weighted by Crippen LogP contribution is 2.36. The van der Waals surface area contributed by atoms with Crippen molar-refractivity contribution in [2.24, 2.45) is 5.92 Å². The maximum Gasteiger partial charge on any atom is 0.243 e. The van der Waals surface area contributed by atoms with E-state index in [4.69, 9.17) is 9.72 Å². The zero-order valence-electron chi connectivity index (χ0n) is 24.1. The number of rotatable bonds is 11. The zero-order valence-corrected chi connectivity index (χ0v) is 25.7. The van der Waals surface area contributed by atoms with Crippen molar-refractivity contribution in [1.82, 2.24) is 19.2 Å². The average molecular weight is 601 g/mol. The summed E-state index contributed by atoms with van der Waals surface area (Å²) in [4.78, 5) is 28.2. The summed E-state index contributed by atoms with van der Waals surface area (Å²) in [6, 6.07) is 10.8. The van der Waals surface area contributed by atoms with E-state index in [0.717, 1.165) is 47.5 Å². The normalized spacial score (nSPS) is 18.1. The standard InChI is InChI=1S/C29H40N6O4S2/c1-33-14-16-35(17-15-33)41(37,38)23-10-8-22(9-11-23)24(20-21-6-4-5-7-21)27(36)32-29-30-25-12-13-26(31-28(25)40-29)34(2)18-19-39-3/h8-13,21,24H,4-7,14-20H2,1-3H3,(H,30,32,36)/t24-/m1/s1. The van der Waals surface area contributed by atoms with Gasteiger partial charge in [-0.1, -0.05) is 49.2 Å². The van der Waals surface area contributed by atoms with Crippen LogP contribution in [0.2, 0.25) is 0 Å². The number of benzene rings is 1. The number of thiazole rings is 1. The average Bonchev–Trinajstić information content (AvgIpc) is 3.64. The van der Waals surface area contributed by atoms with Crippen molar-refractivity contribution in [2.45, 2.75) is 42.9 Å². The van der Waals surface area contributed by atoms with E-state index in [9.17, 15) is 13.2 Å². The molecule has 1 saturated carbocycles. The number of aromatic nitrogens is 2. The number of pyridine rings is 1. The number of likely N-dealkylation sites (N-methyl/N-ethyl adjacent to an activating group) is 2. The predicted molar refractivity (Wildman–Crippen MR) is 163 cm³/mol. The number of carbonyl (C=O) groups is 1. The van der Waals surface area contributed by atoms with Crippen molar-refractivity contribution in [3.63, 3.8) is 0 Å². The fourth-order valence-corrected chi connectivity index (χ4v) is 7.89. The van der Waals surface area contributed by atoms with Crippen LogP contribution in [0, 0.1) is 5.92 Å². The molecule has 222 valence electrons. The first-order chi connectivity index (χ1) is 19.7. The first-order valence-electron chi connectivity index (χ1n) is 14.3. The molecule has 0 unspecified atom stereocenters. The molecule has 12 heteroatoms. The van der Waals surface area contributed by atoms with Crippen LogP contribution >= 0.6 is 11.3 Å². The quantitative estimate of drug-likeness (QED) is 0.352. The number of sulfonamides is 1. The topological polar surface area (TPSA) is 108 Å². The second kappa shape index (κ2) is 13.1. The van der Waals surface area contributed by atoms with Gasteiger partial charge in [0.15, 0.2) is 5.13 Å². The zero-order chi connectivity index (χ0) is 29.0. The van der Waals surface area contributed by atoms with Gasteiger partial charge in [-0.25, -0.2) is 18.4 Å². The monoisotopic (exact) mass is 600 g/mol. The van der Waals surface area contributed by atoms with Crippen molar-refractivity contribution in [1.29, 1.82) is 0 Å². The number of amides is 1. The third-order valence-electron chi connectivity index (χ3n) is 8.24. The van der Waals surface area contributed by atoms with Crippen molar-refractivity contribution in [2.75, 3.05) is 70.8 Å². The number of fused-ring (bicyclic) bond motifs is 1. The number of piperazine rings is 1. The fourth-order valence-electron chi connectivity index (χ4n) is 5.63. The Bertz CT molecular complexity index is 1430. The van der Waals surface area contributed by atoms with Gasteiger partial charge in [0.2, 0.25) is 15.9 Å². The lowest BCUT2D eigenvalue weighted by atomic mass is 9.87. The second-order valence-electron chi connectivity index (χ2n) is 11.1. The van der Waals surface area contributed by atoms with Gasteiger partial charge >= 0.3 is 0 Å². The summed E-state index contributed by atoms with van der Waals surface area (Å²) in [5.74, 6) is 0.779. The van der Waals surface area contributed by atoms with Crippen molar-refractivity contribution >= 4 is 48.6 Å². The molecule has 10 nitrogen and oxygen atoms in total. The molecule has 1 saturated heterocycles. The lowest BCUT2D eigenvalue weighted by Gasteiger charge is -2.31. The molecule has 1 N–H and O–H groups in total. The second-order valence-corrected chi connectivity index (χ2v) is 14.0. The summed E-state index contributed by atoms with van der Waals surface area (Å²) in [5, 5.41) is 3.57. The first-order valence-corrected chi connectivity index (χ1v) is 16.6. The molecule has 0 radical (unpaired) electrons. The SMILES string of the molecule is COCCN(C)c1ccc2nc(NC(=O)[C@H](CC3CCCC3)c3ccc(S(=O)(=O)N4CCN(C)CC4)cc3)sc2n1. The van der Waals surface area contributed by atoms with Gasteiger partial charge in [-0.05, 0) is 49.2 Å². The molecular formula is C29H40N6O4S2. The minimum Gasteiger partial charge on any atom is -0.383 e. The van der Waals surface area contributed by atoms with Gasteiger partial charge in [-0.15, -0.1) is 0 Å². The summed E-state index contributed by atoms with van der Waals surface area (Å²) in [7, 11) is 2.07. The van der Waals surface area contributed by atoms with Crippen LogP contribution < -0.4 is 10.2 Å². The molecule has 5 rings (SSSR count). The lowest BCUT2D eigenvalue weighted by molar-refractivity contribution is -0.118. The van der Waals surface area contributed by atoms with Crippen molar-refractivity contribution in [3.8, 4) is 0 Å². The van der Waals surface area contributed by atoms with Gasteiger partial charge in [0.25, 0.3) is 0 Å². The number of ether oxygens (including phenoxy) is 1. The Morgan fingerprint density at radius 3 is 2.49 bits per heavy atom. The van der Waals surface area contributed by atoms with E-state index in [2.05, 4.69) is 15.2 Å². The Kier molecular flexibility index (Phi) is 9.55. The van der Waals surface area contributed by atoms with E-state index >= 15 is 0 Å². The number of methoxy groups -OCH3 is 1. The molecule has 0 bridgehead atoms. The van der Waals surface area contributed by atoms with Gasteiger partial charge in [0.05, 0.1) is 17.4 Å². The number of hydrogen-bond acceptors (Lipinski definition) is 9. The highest BCUT2D eigenvalue weighted by Gasteiger charge is 2.30. The van der Waals surface area contributed by atoms with Gasteiger partial charge in [0, 0.05) is 46.9 Å². The molecule has 1 amide bonds. The molecular weight excluding hydrogens is 560 g/mol. The van der Waals surface area contributed by atoms with Crippen LogP contribution in [0.3, 0.4) is 0 Å². The summed E-state index contributed by atoms with van der Waals surface area (Å²) in [6.07, 6.45) is 5.33. The van der Waals surface area contributed by atoms with Crippen molar-refractivity contribution in [3.05, 3.63) is 42.0 Å².